The smallest absolute Gasteiger partial charge is 0.437 e. The highest BCUT2D eigenvalue weighted by Crippen LogP contribution is 2.30. The second-order valence-electron chi connectivity index (χ2n) is 5.84. The van der Waals surface area contributed by atoms with Gasteiger partial charge in [-0.1, -0.05) is 48.5 Å². The van der Waals surface area contributed by atoms with E-state index in [0.29, 0.717) is 12.3 Å². The average molecular weight is 362 g/mol. The lowest BCUT2D eigenvalue weighted by molar-refractivity contribution is -0.662. The van der Waals surface area contributed by atoms with Crippen LogP contribution < -0.4 is 9.30 Å². The monoisotopic (exact) mass is 362 g/mol. The van der Waals surface area contributed by atoms with Crippen molar-refractivity contribution < 1.29 is 19.2 Å². The third-order valence-corrected chi connectivity index (χ3v) is 5.09. The second-order valence-corrected chi connectivity index (χ2v) is 6.84. The second kappa shape index (κ2) is 6.98. The minimum atomic E-state index is -0.969. The normalized spacial score (nSPS) is 10.8. The molecular weight excluding hydrogens is 346 g/mol. The highest BCUT2D eigenvalue weighted by atomic mass is 32.1. The van der Waals surface area contributed by atoms with Gasteiger partial charge in [-0.3, -0.25) is 0 Å². The Morgan fingerprint density at radius 2 is 1.73 bits per heavy atom. The van der Waals surface area contributed by atoms with Gasteiger partial charge in [-0.15, -0.1) is 4.57 Å². The largest absolute Gasteiger partial charge is 0.478 e. The van der Waals surface area contributed by atoms with E-state index < -0.39 is 5.97 Å². The number of aromatic nitrogens is 1. The van der Waals surface area contributed by atoms with Crippen molar-refractivity contribution in [3.05, 3.63) is 90.0 Å². The number of benzene rings is 3. The van der Waals surface area contributed by atoms with Gasteiger partial charge in [0.1, 0.15) is 10.4 Å². The molecule has 0 radical (unpaired) electrons. The molecule has 26 heavy (non-hydrogen) atoms. The van der Waals surface area contributed by atoms with E-state index in [0.717, 1.165) is 15.4 Å². The Kier molecular flexibility index (Phi) is 4.37. The van der Waals surface area contributed by atoms with E-state index in [1.165, 1.54) is 5.56 Å². The first-order chi connectivity index (χ1) is 12.7. The predicted molar refractivity (Wildman–Crippen MR) is 101 cm³/mol. The van der Waals surface area contributed by atoms with Crippen LogP contribution in [0.25, 0.3) is 10.2 Å². The molecule has 0 spiro atoms. The molecule has 0 amide bonds. The van der Waals surface area contributed by atoms with Gasteiger partial charge in [-0.25, -0.2) is 4.79 Å². The number of fused-ring (bicyclic) bond motifs is 1. The van der Waals surface area contributed by atoms with Crippen LogP contribution in [0.4, 0.5) is 0 Å². The lowest BCUT2D eigenvalue weighted by Crippen LogP contribution is -2.34. The number of carboxylic acid groups (broad SMARTS) is 1. The van der Waals surface area contributed by atoms with E-state index in [9.17, 15) is 9.90 Å². The first-order valence-corrected chi connectivity index (χ1v) is 8.99. The number of nitrogens with zero attached hydrogens (tertiary/aromatic N) is 1. The van der Waals surface area contributed by atoms with Crippen LogP contribution in [0.2, 0.25) is 0 Å². The molecule has 1 heterocycles. The molecule has 0 bridgehead atoms. The Morgan fingerprint density at radius 3 is 2.54 bits per heavy atom. The summed E-state index contributed by atoms with van der Waals surface area (Å²) < 4.78 is 9.31. The van der Waals surface area contributed by atoms with E-state index in [1.807, 2.05) is 30.3 Å². The first kappa shape index (κ1) is 16.3. The maximum Gasteiger partial charge on any atom is 0.437 e. The Morgan fingerprint density at radius 1 is 0.962 bits per heavy atom. The number of hydrogen-bond donors (Lipinski definition) is 1. The molecule has 4 aromatic rings. The fraction of sp³-hybridized carbons (Fsp3) is 0.0476. The van der Waals surface area contributed by atoms with Crippen molar-refractivity contribution in [1.29, 1.82) is 0 Å². The van der Waals surface area contributed by atoms with Crippen LogP contribution in [0.1, 0.15) is 15.9 Å². The number of ether oxygens (including phenoxy) is 1. The Bertz CT molecular complexity index is 1070. The quantitative estimate of drug-likeness (QED) is 0.522. The van der Waals surface area contributed by atoms with E-state index in [-0.39, 0.29) is 5.56 Å². The molecule has 1 N–H and O–H groups in total. The van der Waals surface area contributed by atoms with Crippen LogP contribution in [0.3, 0.4) is 0 Å². The van der Waals surface area contributed by atoms with E-state index in [4.69, 9.17) is 4.74 Å². The third kappa shape index (κ3) is 3.30. The lowest BCUT2D eigenvalue weighted by atomic mass is 10.2. The van der Waals surface area contributed by atoms with E-state index >= 15 is 0 Å². The van der Waals surface area contributed by atoms with Gasteiger partial charge < -0.3 is 9.84 Å². The van der Waals surface area contributed by atoms with Crippen LogP contribution in [0.5, 0.6) is 10.9 Å². The number of rotatable bonds is 5. The molecule has 1 aromatic heterocycles. The fourth-order valence-electron chi connectivity index (χ4n) is 2.80. The minimum absolute atomic E-state index is 0.207. The number of hydrogen-bond acceptors (Lipinski definition) is 3. The average Bonchev–Trinajstić information content (AvgIpc) is 3.00. The maximum atomic E-state index is 11.2. The first-order valence-electron chi connectivity index (χ1n) is 8.17. The molecule has 0 aliphatic rings. The number of carbonyl (C=O) groups is 1. The SMILES string of the molecule is O=C(O)c1cccc(Oc2sc3ccccc3[n+]2Cc2ccccc2)c1. The van der Waals surface area contributed by atoms with Gasteiger partial charge in [0.15, 0.2) is 6.54 Å². The van der Waals surface area contributed by atoms with Crippen molar-refractivity contribution in [2.45, 2.75) is 6.54 Å². The third-order valence-electron chi connectivity index (χ3n) is 4.04. The molecule has 3 aromatic carbocycles. The molecule has 0 aliphatic heterocycles. The zero-order chi connectivity index (χ0) is 17.9. The Labute approximate surface area is 154 Å². The topological polar surface area (TPSA) is 50.4 Å². The Balaban J connectivity index is 1.75. The zero-order valence-corrected chi connectivity index (χ0v) is 14.6. The molecule has 0 saturated heterocycles. The van der Waals surface area contributed by atoms with Crippen molar-refractivity contribution >= 4 is 27.5 Å². The van der Waals surface area contributed by atoms with Gasteiger partial charge in [0.2, 0.25) is 5.52 Å². The van der Waals surface area contributed by atoms with Crippen LogP contribution >= 0.6 is 11.3 Å². The molecule has 0 fully saturated rings. The van der Waals surface area contributed by atoms with Crippen molar-refractivity contribution in [1.82, 2.24) is 0 Å². The van der Waals surface area contributed by atoms with Gasteiger partial charge in [0.05, 0.1) is 5.56 Å². The summed E-state index contributed by atoms with van der Waals surface area (Å²) in [5.74, 6) is -0.456. The summed E-state index contributed by atoms with van der Waals surface area (Å²) in [4.78, 5) is 11.2. The zero-order valence-electron chi connectivity index (χ0n) is 13.8. The van der Waals surface area contributed by atoms with Gasteiger partial charge in [0, 0.05) is 11.6 Å². The van der Waals surface area contributed by atoms with Gasteiger partial charge in [-0.2, -0.15) is 0 Å². The summed E-state index contributed by atoms with van der Waals surface area (Å²) in [7, 11) is 0. The van der Waals surface area contributed by atoms with Crippen molar-refractivity contribution in [3.8, 4) is 10.9 Å². The van der Waals surface area contributed by atoms with Crippen LogP contribution in [-0.4, -0.2) is 11.1 Å². The van der Waals surface area contributed by atoms with Crippen molar-refractivity contribution in [3.63, 3.8) is 0 Å². The number of thiazole rings is 1. The maximum absolute atomic E-state index is 11.2. The molecule has 5 heteroatoms. The Hall–Kier alpha value is -3.18. The highest BCUT2D eigenvalue weighted by molar-refractivity contribution is 7.19. The molecular formula is C21H16NO3S+. The molecule has 0 unspecified atom stereocenters. The van der Waals surface area contributed by atoms with Crippen molar-refractivity contribution in [2.75, 3.05) is 0 Å². The fourth-order valence-corrected chi connectivity index (χ4v) is 3.83. The number of para-hydroxylation sites is 1. The standard InChI is InChI=1S/C21H15NO3S/c23-20(24)16-9-6-10-17(13-16)25-21-22(14-15-7-2-1-3-8-15)18-11-4-5-12-19(18)26-21/h1-13H,14H2/p+1. The summed E-state index contributed by atoms with van der Waals surface area (Å²) in [6.07, 6.45) is 0. The highest BCUT2D eigenvalue weighted by Gasteiger charge is 2.23. The summed E-state index contributed by atoms with van der Waals surface area (Å²) >= 11 is 1.55. The van der Waals surface area contributed by atoms with Crippen LogP contribution in [0.15, 0.2) is 78.9 Å². The lowest BCUT2D eigenvalue weighted by Gasteiger charge is -2.03. The minimum Gasteiger partial charge on any atom is -0.478 e. The molecule has 0 aliphatic carbocycles. The summed E-state index contributed by atoms with van der Waals surface area (Å²) in [6.45, 7) is 0.679. The van der Waals surface area contributed by atoms with Crippen LogP contribution in [-0.2, 0) is 6.54 Å². The summed E-state index contributed by atoms with van der Waals surface area (Å²) in [5.41, 5.74) is 2.47. The van der Waals surface area contributed by atoms with E-state index in [1.54, 1.807) is 35.6 Å². The van der Waals surface area contributed by atoms with Crippen LogP contribution in [0, 0.1) is 0 Å². The number of carboxylic acids is 1. The molecule has 0 saturated carbocycles. The molecule has 4 nitrogen and oxygen atoms in total. The van der Waals surface area contributed by atoms with Crippen molar-refractivity contribution in [2.24, 2.45) is 0 Å². The predicted octanol–water partition coefficient (Wildman–Crippen LogP) is 4.73. The molecule has 0 atom stereocenters. The summed E-state index contributed by atoms with van der Waals surface area (Å²) in [5, 5.41) is 9.90. The van der Waals surface area contributed by atoms with Gasteiger partial charge in [-0.05, 0) is 35.6 Å². The van der Waals surface area contributed by atoms with Gasteiger partial charge >= 0.3 is 11.2 Å². The summed E-state index contributed by atoms with van der Waals surface area (Å²) in [6, 6.07) is 24.9. The molecule has 4 rings (SSSR count). The number of aromatic carboxylic acids is 1. The van der Waals surface area contributed by atoms with Gasteiger partial charge in [0.25, 0.3) is 0 Å². The van der Waals surface area contributed by atoms with E-state index in [2.05, 4.69) is 28.8 Å². The molecule has 128 valence electrons.